The van der Waals surface area contributed by atoms with Gasteiger partial charge in [-0.05, 0) is 27.7 Å². The van der Waals surface area contributed by atoms with E-state index in [-0.39, 0.29) is 25.4 Å². The van der Waals surface area contributed by atoms with Crippen LogP contribution >= 0.6 is 0 Å². The quantitative estimate of drug-likeness (QED) is 0.536. The predicted molar refractivity (Wildman–Crippen MR) is 55.1 cm³/mol. The van der Waals surface area contributed by atoms with Gasteiger partial charge >= 0.3 is 12.3 Å². The van der Waals surface area contributed by atoms with E-state index in [2.05, 4.69) is 18.9 Å². The van der Waals surface area contributed by atoms with Crippen LogP contribution in [0.2, 0.25) is 0 Å². The molecule has 0 saturated heterocycles. The van der Waals surface area contributed by atoms with Gasteiger partial charge in [0, 0.05) is 0 Å². The van der Waals surface area contributed by atoms with Gasteiger partial charge in [0.05, 0.1) is 12.2 Å². The standard InChI is InChI=1S/C10H18O6/c1-7(2)15-9(11)13-5-6-14-10(12)16-8(3)4/h7-8H,5-6H2,1-4H3. The minimum absolute atomic E-state index is 0.0568. The third-order valence-corrected chi connectivity index (χ3v) is 1.19. The first kappa shape index (κ1) is 14.5. The van der Waals surface area contributed by atoms with Gasteiger partial charge in [0.2, 0.25) is 0 Å². The number of hydrogen-bond acceptors (Lipinski definition) is 6. The van der Waals surface area contributed by atoms with Gasteiger partial charge in [-0.15, -0.1) is 0 Å². The molecule has 0 atom stereocenters. The van der Waals surface area contributed by atoms with Crippen molar-refractivity contribution in [1.82, 2.24) is 0 Å². The fourth-order valence-corrected chi connectivity index (χ4v) is 0.703. The maximum absolute atomic E-state index is 10.9. The molecule has 0 bridgehead atoms. The van der Waals surface area contributed by atoms with Gasteiger partial charge in [0.25, 0.3) is 0 Å². The van der Waals surface area contributed by atoms with E-state index in [4.69, 9.17) is 0 Å². The molecule has 0 unspecified atom stereocenters. The Hall–Kier alpha value is -1.46. The summed E-state index contributed by atoms with van der Waals surface area (Å²) in [5.41, 5.74) is 0. The van der Waals surface area contributed by atoms with E-state index in [0.29, 0.717) is 0 Å². The summed E-state index contributed by atoms with van der Waals surface area (Å²) in [6, 6.07) is 0. The highest BCUT2D eigenvalue weighted by atomic mass is 16.7. The van der Waals surface area contributed by atoms with Crippen molar-refractivity contribution in [3.8, 4) is 0 Å². The second kappa shape index (κ2) is 7.78. The number of rotatable bonds is 5. The average molecular weight is 234 g/mol. The fraction of sp³-hybridized carbons (Fsp3) is 0.800. The highest BCUT2D eigenvalue weighted by molar-refractivity contribution is 5.60. The zero-order valence-electron chi connectivity index (χ0n) is 10.0. The molecule has 0 N–H and O–H groups in total. The van der Waals surface area contributed by atoms with Crippen molar-refractivity contribution < 1.29 is 28.5 Å². The monoisotopic (exact) mass is 234 g/mol. The maximum atomic E-state index is 10.9. The molecule has 0 spiro atoms. The Bertz CT molecular complexity index is 199. The van der Waals surface area contributed by atoms with Crippen molar-refractivity contribution in [2.75, 3.05) is 13.2 Å². The Balaban J connectivity index is 3.46. The Morgan fingerprint density at radius 1 is 0.812 bits per heavy atom. The molecule has 0 aliphatic heterocycles. The zero-order valence-corrected chi connectivity index (χ0v) is 10.0. The van der Waals surface area contributed by atoms with E-state index in [9.17, 15) is 9.59 Å². The van der Waals surface area contributed by atoms with Crippen molar-refractivity contribution in [3.05, 3.63) is 0 Å². The largest absolute Gasteiger partial charge is 0.508 e. The summed E-state index contributed by atoms with van der Waals surface area (Å²) in [6.07, 6.45) is -2.04. The molecule has 0 aliphatic rings. The molecule has 0 aromatic rings. The molecule has 0 aromatic heterocycles. The maximum Gasteiger partial charge on any atom is 0.508 e. The van der Waals surface area contributed by atoms with Gasteiger partial charge in [0.1, 0.15) is 13.2 Å². The first-order chi connectivity index (χ1) is 7.41. The van der Waals surface area contributed by atoms with Crippen LogP contribution in [0.15, 0.2) is 0 Å². The van der Waals surface area contributed by atoms with Crippen molar-refractivity contribution >= 4 is 12.3 Å². The number of carbonyl (C=O) groups excluding carboxylic acids is 2. The predicted octanol–water partition coefficient (Wildman–Crippen LogP) is 2.11. The summed E-state index contributed by atoms with van der Waals surface area (Å²) in [7, 11) is 0. The molecular formula is C10H18O6. The van der Waals surface area contributed by atoms with E-state index in [1.807, 2.05) is 0 Å². The van der Waals surface area contributed by atoms with Crippen LogP contribution in [0.4, 0.5) is 9.59 Å². The van der Waals surface area contributed by atoms with E-state index in [1.54, 1.807) is 27.7 Å². The lowest BCUT2D eigenvalue weighted by Gasteiger charge is -2.10. The third-order valence-electron chi connectivity index (χ3n) is 1.19. The van der Waals surface area contributed by atoms with Gasteiger partial charge in [-0.25, -0.2) is 9.59 Å². The highest BCUT2D eigenvalue weighted by Crippen LogP contribution is 1.95. The van der Waals surface area contributed by atoms with Gasteiger partial charge in [-0.1, -0.05) is 0 Å². The second-order valence-corrected chi connectivity index (χ2v) is 3.53. The van der Waals surface area contributed by atoms with Gasteiger partial charge < -0.3 is 18.9 Å². The molecule has 0 saturated carbocycles. The fourth-order valence-electron chi connectivity index (χ4n) is 0.703. The van der Waals surface area contributed by atoms with Crippen LogP contribution in [0.1, 0.15) is 27.7 Å². The summed E-state index contributed by atoms with van der Waals surface area (Å²) in [5.74, 6) is 0. The molecule has 0 aliphatic carbocycles. The minimum atomic E-state index is -0.782. The highest BCUT2D eigenvalue weighted by Gasteiger charge is 2.08. The average Bonchev–Trinajstić information content (AvgIpc) is 2.10. The van der Waals surface area contributed by atoms with Gasteiger partial charge in [-0.3, -0.25) is 0 Å². The van der Waals surface area contributed by atoms with Crippen molar-refractivity contribution in [2.45, 2.75) is 39.9 Å². The van der Waals surface area contributed by atoms with Crippen molar-refractivity contribution in [1.29, 1.82) is 0 Å². The lowest BCUT2D eigenvalue weighted by atomic mass is 10.5. The first-order valence-corrected chi connectivity index (χ1v) is 5.08. The van der Waals surface area contributed by atoms with Crippen LogP contribution in [0.5, 0.6) is 0 Å². The molecule has 16 heavy (non-hydrogen) atoms. The Labute approximate surface area is 94.8 Å². The Morgan fingerprint density at radius 3 is 1.38 bits per heavy atom. The molecule has 6 nitrogen and oxygen atoms in total. The van der Waals surface area contributed by atoms with Crippen LogP contribution in [0, 0.1) is 0 Å². The summed E-state index contributed by atoms with van der Waals surface area (Å²) in [5, 5.41) is 0. The molecule has 0 rings (SSSR count). The first-order valence-electron chi connectivity index (χ1n) is 5.08. The van der Waals surface area contributed by atoms with Gasteiger partial charge in [0.15, 0.2) is 0 Å². The molecule has 6 heteroatoms. The van der Waals surface area contributed by atoms with E-state index in [1.165, 1.54) is 0 Å². The van der Waals surface area contributed by atoms with E-state index >= 15 is 0 Å². The minimum Gasteiger partial charge on any atom is -0.432 e. The molecule has 0 aromatic carbocycles. The summed E-state index contributed by atoms with van der Waals surface area (Å²) in [4.78, 5) is 21.7. The SMILES string of the molecule is CC(C)OC(=O)OCCOC(=O)OC(C)C. The lowest BCUT2D eigenvalue weighted by molar-refractivity contribution is 0.00172. The summed E-state index contributed by atoms with van der Waals surface area (Å²) in [6.45, 7) is 6.71. The van der Waals surface area contributed by atoms with E-state index < -0.39 is 12.3 Å². The molecule has 0 heterocycles. The number of ether oxygens (including phenoxy) is 4. The zero-order chi connectivity index (χ0) is 12.6. The Morgan fingerprint density at radius 2 is 1.12 bits per heavy atom. The van der Waals surface area contributed by atoms with Gasteiger partial charge in [-0.2, -0.15) is 0 Å². The number of carbonyl (C=O) groups is 2. The molecular weight excluding hydrogens is 216 g/mol. The van der Waals surface area contributed by atoms with Crippen LogP contribution in [0.25, 0.3) is 0 Å². The van der Waals surface area contributed by atoms with Crippen molar-refractivity contribution in [3.63, 3.8) is 0 Å². The smallest absolute Gasteiger partial charge is 0.432 e. The second-order valence-electron chi connectivity index (χ2n) is 3.53. The molecule has 94 valence electrons. The molecule has 0 fully saturated rings. The topological polar surface area (TPSA) is 71.1 Å². The number of hydrogen-bond donors (Lipinski definition) is 0. The van der Waals surface area contributed by atoms with Crippen molar-refractivity contribution in [2.24, 2.45) is 0 Å². The normalized spacial score (nSPS) is 10.1. The Kier molecular flexibility index (Phi) is 7.07. The van der Waals surface area contributed by atoms with Crippen LogP contribution < -0.4 is 0 Å². The van der Waals surface area contributed by atoms with Crippen LogP contribution in [-0.2, 0) is 18.9 Å². The molecule has 0 radical (unpaired) electrons. The summed E-state index contributed by atoms with van der Waals surface area (Å²) >= 11 is 0. The van der Waals surface area contributed by atoms with Crippen LogP contribution in [0.3, 0.4) is 0 Å². The summed E-state index contributed by atoms with van der Waals surface area (Å²) < 4.78 is 18.6. The molecule has 0 amide bonds. The van der Waals surface area contributed by atoms with Crippen LogP contribution in [-0.4, -0.2) is 37.7 Å². The third kappa shape index (κ3) is 9.11. The van der Waals surface area contributed by atoms with E-state index in [0.717, 1.165) is 0 Å². The lowest BCUT2D eigenvalue weighted by Crippen LogP contribution is -2.19.